The molecule has 0 saturated heterocycles. The molecule has 9 heteroatoms. The second kappa shape index (κ2) is 7.06. The van der Waals surface area contributed by atoms with Crippen LogP contribution >= 0.6 is 23.8 Å². The maximum atomic E-state index is 12.4. The fourth-order valence-electron chi connectivity index (χ4n) is 2.42. The highest BCUT2D eigenvalue weighted by atomic mass is 35.5. The summed E-state index contributed by atoms with van der Waals surface area (Å²) in [4.78, 5) is 24.2. The number of carbonyl (C=O) groups excluding carboxylic acids is 1. The Morgan fingerprint density at radius 2 is 2.17 bits per heavy atom. The van der Waals surface area contributed by atoms with Gasteiger partial charge in [0, 0.05) is 12.5 Å². The van der Waals surface area contributed by atoms with Gasteiger partial charge >= 0.3 is 6.09 Å². The Kier molecular flexibility index (Phi) is 5.30. The molecular weight excluding hydrogens is 356 g/mol. The van der Waals surface area contributed by atoms with E-state index in [0.29, 0.717) is 21.4 Å². The minimum absolute atomic E-state index is 0.0120. The average Bonchev–Trinajstić information content (AvgIpc) is 2.46. The highest BCUT2D eigenvalue weighted by molar-refractivity contribution is 7.81. The normalized spacial score (nSPS) is 17.7. The van der Waals surface area contributed by atoms with Gasteiger partial charge in [0.25, 0.3) is 5.91 Å². The molecule has 0 radical (unpaired) electrons. The predicted octanol–water partition coefficient (Wildman–Crippen LogP) is 3.20. The van der Waals surface area contributed by atoms with Crippen molar-refractivity contribution in [3.8, 4) is 5.75 Å². The fourth-order valence-corrected chi connectivity index (χ4v) is 2.99. The van der Waals surface area contributed by atoms with E-state index >= 15 is 0 Å². The van der Waals surface area contributed by atoms with E-state index in [4.69, 9.17) is 28.6 Å². The molecule has 1 atom stereocenters. The van der Waals surface area contributed by atoms with E-state index in [1.807, 2.05) is 0 Å². The number of thiocarbonyl (C=S) groups is 1. The number of imide groups is 1. The summed E-state index contributed by atoms with van der Waals surface area (Å²) in [5.74, 6) is -0.825. The van der Waals surface area contributed by atoms with Gasteiger partial charge in [0.2, 0.25) is 0 Å². The molecule has 0 saturated carbocycles. The molecular formula is C15H15ClN2O5S. The molecule has 0 aliphatic carbocycles. The lowest BCUT2D eigenvalue weighted by molar-refractivity contribution is -0.127. The van der Waals surface area contributed by atoms with Crippen LogP contribution in [0.1, 0.15) is 13.3 Å². The number of anilines is 1. The van der Waals surface area contributed by atoms with Crippen LogP contribution in [0, 0.1) is 0 Å². The maximum absolute atomic E-state index is 12.4. The molecule has 3 N–H and O–H groups in total. The van der Waals surface area contributed by atoms with Crippen molar-refractivity contribution in [3.05, 3.63) is 34.6 Å². The summed E-state index contributed by atoms with van der Waals surface area (Å²) in [6, 6.07) is 4.21. The van der Waals surface area contributed by atoms with Crippen LogP contribution in [-0.2, 0) is 4.79 Å². The van der Waals surface area contributed by atoms with Crippen LogP contribution in [0.5, 0.6) is 5.75 Å². The number of benzene rings is 1. The molecule has 2 amide bonds. The number of hydrogen-bond acceptors (Lipinski definition) is 5. The second-order valence-electron chi connectivity index (χ2n) is 5.11. The number of ether oxygens (including phenoxy) is 1. The van der Waals surface area contributed by atoms with E-state index in [1.54, 1.807) is 18.2 Å². The third kappa shape index (κ3) is 3.29. The molecule has 0 fully saturated rings. The SMILES string of the molecule is COc1c(Cl)cccc1NC(=S)C1=C(O)C[C@@H](C)N(C(=O)O)C1=O. The Balaban J connectivity index is 2.36. The monoisotopic (exact) mass is 370 g/mol. The van der Waals surface area contributed by atoms with Crippen LogP contribution in [0.25, 0.3) is 0 Å². The van der Waals surface area contributed by atoms with Gasteiger partial charge in [0.05, 0.1) is 17.8 Å². The first-order chi connectivity index (χ1) is 11.3. The molecule has 0 aromatic heterocycles. The molecule has 1 aliphatic rings. The molecule has 1 heterocycles. The van der Waals surface area contributed by atoms with Crippen LogP contribution in [0.3, 0.4) is 0 Å². The molecule has 0 spiro atoms. The Morgan fingerprint density at radius 3 is 2.75 bits per heavy atom. The summed E-state index contributed by atoms with van der Waals surface area (Å²) in [5, 5.41) is 22.4. The van der Waals surface area contributed by atoms with Crippen molar-refractivity contribution in [1.29, 1.82) is 0 Å². The van der Waals surface area contributed by atoms with Crippen molar-refractivity contribution in [3.63, 3.8) is 0 Å². The molecule has 1 aromatic carbocycles. The molecule has 1 aromatic rings. The summed E-state index contributed by atoms with van der Waals surface area (Å²) in [6.45, 7) is 1.52. The molecule has 2 rings (SSSR count). The number of para-hydroxylation sites is 1. The lowest BCUT2D eigenvalue weighted by Gasteiger charge is -2.30. The van der Waals surface area contributed by atoms with Gasteiger partial charge in [-0.25, -0.2) is 9.69 Å². The highest BCUT2D eigenvalue weighted by Gasteiger charge is 2.38. The Hall–Kier alpha value is -2.32. The molecule has 0 bridgehead atoms. The topological polar surface area (TPSA) is 99.1 Å². The zero-order valence-corrected chi connectivity index (χ0v) is 14.4. The number of halogens is 1. The Labute approximate surface area is 148 Å². The lowest BCUT2D eigenvalue weighted by atomic mass is 10.0. The summed E-state index contributed by atoms with van der Waals surface area (Å²) in [7, 11) is 1.42. The van der Waals surface area contributed by atoms with Crippen molar-refractivity contribution < 1.29 is 24.5 Å². The lowest BCUT2D eigenvalue weighted by Crippen LogP contribution is -2.48. The van der Waals surface area contributed by atoms with Gasteiger partial charge in [-0.2, -0.15) is 0 Å². The third-order valence-electron chi connectivity index (χ3n) is 3.50. The fraction of sp³-hybridized carbons (Fsp3) is 0.267. The number of nitrogens with zero attached hydrogens (tertiary/aromatic N) is 1. The van der Waals surface area contributed by atoms with Crippen molar-refractivity contribution in [2.75, 3.05) is 12.4 Å². The van der Waals surface area contributed by atoms with Gasteiger partial charge in [-0.15, -0.1) is 0 Å². The van der Waals surface area contributed by atoms with Crippen LogP contribution in [0.4, 0.5) is 10.5 Å². The number of rotatable bonds is 3. The number of aliphatic hydroxyl groups excluding tert-OH is 1. The first-order valence-corrected chi connectivity index (χ1v) is 7.69. The Morgan fingerprint density at radius 1 is 1.50 bits per heavy atom. The number of carboxylic acid groups (broad SMARTS) is 1. The third-order valence-corrected chi connectivity index (χ3v) is 4.11. The number of amides is 2. The predicted molar refractivity (Wildman–Crippen MR) is 92.8 cm³/mol. The summed E-state index contributed by atoms with van der Waals surface area (Å²) in [6.07, 6.45) is -1.41. The highest BCUT2D eigenvalue weighted by Crippen LogP contribution is 2.33. The molecule has 0 unspecified atom stereocenters. The average molecular weight is 371 g/mol. The smallest absolute Gasteiger partial charge is 0.414 e. The van der Waals surface area contributed by atoms with E-state index in [-0.39, 0.29) is 22.7 Å². The van der Waals surface area contributed by atoms with Crippen molar-refractivity contribution in [2.24, 2.45) is 0 Å². The molecule has 7 nitrogen and oxygen atoms in total. The minimum Gasteiger partial charge on any atom is -0.511 e. The number of methoxy groups -OCH3 is 1. The number of aliphatic hydroxyl groups is 1. The minimum atomic E-state index is -1.40. The largest absolute Gasteiger partial charge is 0.511 e. The quantitative estimate of drug-likeness (QED) is 0.702. The summed E-state index contributed by atoms with van der Waals surface area (Å²) >= 11 is 11.2. The zero-order valence-electron chi connectivity index (χ0n) is 12.9. The van der Waals surface area contributed by atoms with Gasteiger partial charge in [0.1, 0.15) is 16.3 Å². The standard InChI is InChI=1S/C15H15ClN2O5S/c1-7-6-10(19)11(14(20)18(7)15(21)22)13(24)17-9-5-3-4-8(16)12(9)23-2/h3-5,7,19H,6H2,1-2H3,(H,17,24)(H,21,22)/t7-/m1/s1. The summed E-state index contributed by atoms with van der Waals surface area (Å²) < 4.78 is 5.17. The van der Waals surface area contributed by atoms with E-state index in [2.05, 4.69) is 5.32 Å². The molecule has 24 heavy (non-hydrogen) atoms. The number of hydrogen-bond donors (Lipinski definition) is 3. The van der Waals surface area contributed by atoms with E-state index in [1.165, 1.54) is 14.0 Å². The van der Waals surface area contributed by atoms with Gasteiger partial charge in [-0.3, -0.25) is 4.79 Å². The first-order valence-electron chi connectivity index (χ1n) is 6.90. The Bertz CT molecular complexity index is 749. The molecule has 1 aliphatic heterocycles. The molecule has 128 valence electrons. The van der Waals surface area contributed by atoms with Crippen LogP contribution < -0.4 is 10.1 Å². The number of nitrogens with one attached hydrogen (secondary N) is 1. The van der Waals surface area contributed by atoms with Gasteiger partial charge in [-0.05, 0) is 19.1 Å². The van der Waals surface area contributed by atoms with Crippen molar-refractivity contribution >= 4 is 46.5 Å². The van der Waals surface area contributed by atoms with Crippen molar-refractivity contribution in [2.45, 2.75) is 19.4 Å². The van der Waals surface area contributed by atoms with E-state index < -0.39 is 18.0 Å². The second-order valence-corrected chi connectivity index (χ2v) is 5.92. The number of carbonyl (C=O) groups is 2. The van der Waals surface area contributed by atoms with Crippen molar-refractivity contribution in [1.82, 2.24) is 4.90 Å². The van der Waals surface area contributed by atoms with E-state index in [0.717, 1.165) is 0 Å². The van der Waals surface area contributed by atoms with E-state index in [9.17, 15) is 19.8 Å². The van der Waals surface area contributed by atoms with Crippen LogP contribution in [0.15, 0.2) is 29.5 Å². The zero-order chi connectivity index (χ0) is 18.0. The summed E-state index contributed by atoms with van der Waals surface area (Å²) in [5.41, 5.74) is 0.135. The maximum Gasteiger partial charge on any atom is 0.414 e. The van der Waals surface area contributed by atoms with Crippen LogP contribution in [-0.4, -0.2) is 45.3 Å². The van der Waals surface area contributed by atoms with Crippen LogP contribution in [0.2, 0.25) is 5.02 Å². The first kappa shape index (κ1) is 18.0. The van der Waals surface area contributed by atoms with Gasteiger partial charge in [-0.1, -0.05) is 29.9 Å². The van der Waals surface area contributed by atoms with Gasteiger partial charge in [0.15, 0.2) is 5.75 Å². The van der Waals surface area contributed by atoms with Gasteiger partial charge < -0.3 is 20.3 Å².